The van der Waals surface area contributed by atoms with Crippen LogP contribution >= 0.6 is 11.6 Å². The van der Waals surface area contributed by atoms with Gasteiger partial charge in [-0.05, 0) is 49.7 Å². The largest absolute Gasteiger partial charge is 0.481 e. The van der Waals surface area contributed by atoms with E-state index in [2.05, 4.69) is 10.4 Å². The molecular weight excluding hydrogens is 314 g/mol. The SMILES string of the molecule is Cc1cc(O[C@H](C)C(=O)Nn2cnc3ccccc32)ccc1Cl. The second-order valence-electron chi connectivity index (χ2n) is 5.25. The van der Waals surface area contributed by atoms with Crippen molar-refractivity contribution in [3.05, 3.63) is 59.4 Å². The first-order valence-electron chi connectivity index (χ1n) is 7.20. The standard InChI is InChI=1S/C17H16ClN3O2/c1-11-9-13(7-8-14(11)18)23-12(2)17(22)20-21-10-19-15-5-3-4-6-16(15)21/h3-10,12H,1-2H3,(H,20,22)/t12-/m1/s1. The first-order chi connectivity index (χ1) is 11.0. The average Bonchev–Trinajstić information content (AvgIpc) is 2.94. The van der Waals surface area contributed by atoms with Crippen LogP contribution in [0.5, 0.6) is 5.75 Å². The Bertz CT molecular complexity index is 860. The number of imidazole rings is 1. The smallest absolute Gasteiger partial charge is 0.279 e. The highest BCUT2D eigenvalue weighted by Crippen LogP contribution is 2.22. The number of aryl methyl sites for hydroxylation is 1. The van der Waals surface area contributed by atoms with Crippen LogP contribution in [0.25, 0.3) is 11.0 Å². The van der Waals surface area contributed by atoms with E-state index in [1.807, 2.05) is 31.2 Å². The molecule has 0 aliphatic rings. The van der Waals surface area contributed by atoms with Gasteiger partial charge in [-0.15, -0.1) is 0 Å². The first-order valence-corrected chi connectivity index (χ1v) is 7.58. The summed E-state index contributed by atoms with van der Waals surface area (Å²) in [5.74, 6) is 0.339. The lowest BCUT2D eigenvalue weighted by Crippen LogP contribution is -2.34. The van der Waals surface area contributed by atoms with Gasteiger partial charge in [0.2, 0.25) is 0 Å². The van der Waals surface area contributed by atoms with Crippen LogP contribution in [0.2, 0.25) is 5.02 Å². The number of halogens is 1. The molecule has 1 heterocycles. The van der Waals surface area contributed by atoms with Gasteiger partial charge in [-0.3, -0.25) is 10.2 Å². The van der Waals surface area contributed by atoms with Gasteiger partial charge in [0.15, 0.2) is 6.10 Å². The Balaban J connectivity index is 1.71. The zero-order chi connectivity index (χ0) is 16.4. The number of amides is 1. The number of benzene rings is 2. The summed E-state index contributed by atoms with van der Waals surface area (Å²) < 4.78 is 7.26. The fourth-order valence-electron chi connectivity index (χ4n) is 2.21. The number of aromatic nitrogens is 2. The molecule has 0 aliphatic heterocycles. The van der Waals surface area contributed by atoms with Gasteiger partial charge in [0.1, 0.15) is 12.1 Å². The molecule has 0 fully saturated rings. The van der Waals surface area contributed by atoms with E-state index in [-0.39, 0.29) is 5.91 Å². The summed E-state index contributed by atoms with van der Waals surface area (Å²) in [6.45, 7) is 3.58. The lowest BCUT2D eigenvalue weighted by Gasteiger charge is -2.16. The topological polar surface area (TPSA) is 56.1 Å². The molecule has 1 amide bonds. The monoisotopic (exact) mass is 329 g/mol. The summed E-state index contributed by atoms with van der Waals surface area (Å²) in [4.78, 5) is 16.5. The molecule has 0 bridgehead atoms. The van der Waals surface area contributed by atoms with Crippen LogP contribution in [-0.2, 0) is 4.79 Å². The Labute approximate surface area is 138 Å². The van der Waals surface area contributed by atoms with Gasteiger partial charge in [-0.1, -0.05) is 23.7 Å². The maximum absolute atomic E-state index is 12.3. The number of carbonyl (C=O) groups excluding carboxylic acids is 1. The third-order valence-electron chi connectivity index (χ3n) is 3.50. The average molecular weight is 330 g/mol. The van der Waals surface area contributed by atoms with E-state index >= 15 is 0 Å². The van der Waals surface area contributed by atoms with Crippen molar-refractivity contribution >= 4 is 28.5 Å². The molecule has 1 aromatic heterocycles. The minimum absolute atomic E-state index is 0.263. The number of carbonyl (C=O) groups is 1. The van der Waals surface area contributed by atoms with E-state index in [4.69, 9.17) is 16.3 Å². The minimum Gasteiger partial charge on any atom is -0.481 e. The number of nitrogens with zero attached hydrogens (tertiary/aromatic N) is 2. The van der Waals surface area contributed by atoms with Crippen molar-refractivity contribution in [2.45, 2.75) is 20.0 Å². The van der Waals surface area contributed by atoms with Gasteiger partial charge in [0.25, 0.3) is 5.91 Å². The number of hydrogen-bond acceptors (Lipinski definition) is 3. The summed E-state index contributed by atoms with van der Waals surface area (Å²) in [5, 5.41) is 0.666. The molecule has 118 valence electrons. The van der Waals surface area contributed by atoms with Crippen LogP contribution < -0.4 is 10.2 Å². The molecule has 0 radical (unpaired) electrons. The zero-order valence-corrected chi connectivity index (χ0v) is 13.5. The van der Waals surface area contributed by atoms with Crippen molar-refractivity contribution in [3.8, 4) is 5.75 Å². The molecule has 3 aromatic rings. The Hall–Kier alpha value is -2.53. The maximum Gasteiger partial charge on any atom is 0.279 e. The summed E-state index contributed by atoms with van der Waals surface area (Å²) in [5.41, 5.74) is 5.32. The third kappa shape index (κ3) is 3.29. The van der Waals surface area contributed by atoms with E-state index in [0.29, 0.717) is 10.8 Å². The van der Waals surface area contributed by atoms with Crippen LogP contribution in [0.3, 0.4) is 0 Å². The number of ether oxygens (including phenoxy) is 1. The molecule has 23 heavy (non-hydrogen) atoms. The number of rotatable bonds is 4. The Morgan fingerprint density at radius 3 is 2.87 bits per heavy atom. The second-order valence-corrected chi connectivity index (χ2v) is 5.66. The predicted molar refractivity (Wildman–Crippen MR) is 90.4 cm³/mol. The molecule has 3 rings (SSSR count). The Morgan fingerprint density at radius 1 is 1.30 bits per heavy atom. The predicted octanol–water partition coefficient (Wildman–Crippen LogP) is 3.54. The van der Waals surface area contributed by atoms with E-state index in [9.17, 15) is 4.79 Å². The third-order valence-corrected chi connectivity index (χ3v) is 3.92. The van der Waals surface area contributed by atoms with Crippen molar-refractivity contribution < 1.29 is 9.53 Å². The van der Waals surface area contributed by atoms with Crippen LogP contribution in [-0.4, -0.2) is 21.7 Å². The lowest BCUT2D eigenvalue weighted by atomic mass is 10.2. The molecule has 0 saturated carbocycles. The van der Waals surface area contributed by atoms with Gasteiger partial charge < -0.3 is 4.74 Å². The highest BCUT2D eigenvalue weighted by Gasteiger charge is 2.16. The van der Waals surface area contributed by atoms with E-state index < -0.39 is 6.10 Å². The highest BCUT2D eigenvalue weighted by atomic mass is 35.5. The highest BCUT2D eigenvalue weighted by molar-refractivity contribution is 6.31. The van der Waals surface area contributed by atoms with Gasteiger partial charge in [0, 0.05) is 5.02 Å². The molecular formula is C17H16ClN3O2. The summed E-state index contributed by atoms with van der Waals surface area (Å²) in [7, 11) is 0. The van der Waals surface area contributed by atoms with Gasteiger partial charge in [-0.2, -0.15) is 0 Å². The second kappa shape index (κ2) is 6.30. The van der Waals surface area contributed by atoms with E-state index in [1.165, 1.54) is 0 Å². The van der Waals surface area contributed by atoms with E-state index in [1.54, 1.807) is 36.1 Å². The summed E-state index contributed by atoms with van der Waals surface area (Å²) in [6, 6.07) is 12.9. The van der Waals surface area contributed by atoms with Crippen LogP contribution in [0.4, 0.5) is 0 Å². The zero-order valence-electron chi connectivity index (χ0n) is 12.8. The molecule has 0 saturated heterocycles. The van der Waals surface area contributed by atoms with Crippen molar-refractivity contribution in [1.29, 1.82) is 0 Å². The molecule has 1 N–H and O–H groups in total. The van der Waals surface area contributed by atoms with Crippen molar-refractivity contribution in [3.63, 3.8) is 0 Å². The number of nitrogens with one attached hydrogen (secondary N) is 1. The van der Waals surface area contributed by atoms with Crippen LogP contribution in [0, 0.1) is 6.92 Å². The summed E-state index contributed by atoms with van der Waals surface area (Å²) in [6.07, 6.45) is 0.915. The lowest BCUT2D eigenvalue weighted by molar-refractivity contribution is -0.122. The van der Waals surface area contributed by atoms with E-state index in [0.717, 1.165) is 16.6 Å². The molecule has 0 aliphatic carbocycles. The van der Waals surface area contributed by atoms with Crippen molar-refractivity contribution in [1.82, 2.24) is 9.66 Å². The molecule has 2 aromatic carbocycles. The molecule has 0 spiro atoms. The van der Waals surface area contributed by atoms with Gasteiger partial charge in [-0.25, -0.2) is 9.66 Å². The molecule has 5 nitrogen and oxygen atoms in total. The molecule has 6 heteroatoms. The van der Waals surface area contributed by atoms with Crippen LogP contribution in [0.15, 0.2) is 48.8 Å². The van der Waals surface area contributed by atoms with Gasteiger partial charge in [0.05, 0.1) is 11.0 Å². The first kappa shape index (κ1) is 15.4. The quantitative estimate of drug-likeness (QED) is 0.796. The summed E-state index contributed by atoms with van der Waals surface area (Å²) >= 11 is 5.98. The Morgan fingerprint density at radius 2 is 2.09 bits per heavy atom. The normalized spacial score (nSPS) is 12.1. The number of fused-ring (bicyclic) bond motifs is 1. The van der Waals surface area contributed by atoms with Crippen molar-refractivity contribution in [2.75, 3.05) is 5.43 Å². The number of hydrogen-bond donors (Lipinski definition) is 1. The van der Waals surface area contributed by atoms with Gasteiger partial charge >= 0.3 is 0 Å². The number of para-hydroxylation sites is 2. The molecule has 1 atom stereocenters. The maximum atomic E-state index is 12.3. The fourth-order valence-corrected chi connectivity index (χ4v) is 2.32. The Kier molecular flexibility index (Phi) is 4.21. The fraction of sp³-hybridized carbons (Fsp3) is 0.176. The minimum atomic E-state index is -0.656. The van der Waals surface area contributed by atoms with Crippen molar-refractivity contribution in [2.24, 2.45) is 0 Å². The van der Waals surface area contributed by atoms with Crippen LogP contribution in [0.1, 0.15) is 12.5 Å². The molecule has 0 unspecified atom stereocenters.